The molecule has 0 saturated heterocycles. The first-order chi connectivity index (χ1) is 16.0. The van der Waals surface area contributed by atoms with Crippen LogP contribution in [0.2, 0.25) is 0 Å². The highest BCUT2D eigenvalue weighted by Crippen LogP contribution is 2.41. The molecule has 168 valence electrons. The number of ether oxygens (including phenoxy) is 1. The van der Waals surface area contributed by atoms with E-state index in [2.05, 4.69) is 25.4 Å². The van der Waals surface area contributed by atoms with Gasteiger partial charge in [-0.05, 0) is 38.5 Å². The van der Waals surface area contributed by atoms with Crippen LogP contribution in [0.4, 0.5) is 5.82 Å². The second kappa shape index (κ2) is 8.22. The predicted octanol–water partition coefficient (Wildman–Crippen LogP) is 4.85. The minimum absolute atomic E-state index is 0.0730. The van der Waals surface area contributed by atoms with Crippen molar-refractivity contribution in [2.75, 3.05) is 19.0 Å². The Balaban J connectivity index is 1.71. The average Bonchev–Trinajstić information content (AvgIpc) is 3.34. The minimum atomic E-state index is -0.308. The van der Waals surface area contributed by atoms with Crippen molar-refractivity contribution in [2.45, 2.75) is 26.8 Å². The Bertz CT molecular complexity index is 1440. The quantitative estimate of drug-likeness (QED) is 0.344. The summed E-state index contributed by atoms with van der Waals surface area (Å²) in [5, 5.41) is 19.3. The zero-order chi connectivity index (χ0) is 23.1. The second-order valence-electron chi connectivity index (χ2n) is 8.06. The molecule has 0 spiro atoms. The number of hydrogen-bond donors (Lipinski definition) is 3. The van der Waals surface area contributed by atoms with E-state index in [1.54, 1.807) is 7.11 Å². The van der Waals surface area contributed by atoms with E-state index in [1.807, 2.05) is 63.2 Å². The maximum absolute atomic E-state index is 10.1. The van der Waals surface area contributed by atoms with Crippen molar-refractivity contribution in [3.63, 3.8) is 0 Å². The SMILES string of the molecule is COc1cc2c(cc1-c1c(C)noc1C)[nH]c1nc(C)nc(NC(CO)c3ccccc3)c12. The molecule has 0 aliphatic rings. The van der Waals surface area contributed by atoms with E-state index in [-0.39, 0.29) is 12.6 Å². The maximum atomic E-state index is 10.1. The van der Waals surface area contributed by atoms with Crippen molar-refractivity contribution >= 4 is 27.8 Å². The number of aryl methyl sites for hydroxylation is 3. The van der Waals surface area contributed by atoms with E-state index in [0.717, 1.165) is 44.4 Å². The minimum Gasteiger partial charge on any atom is -0.496 e. The lowest BCUT2D eigenvalue weighted by Crippen LogP contribution is -2.16. The topological polar surface area (TPSA) is 109 Å². The molecule has 0 amide bonds. The van der Waals surface area contributed by atoms with Crippen LogP contribution >= 0.6 is 0 Å². The molecule has 2 aromatic carbocycles. The first kappa shape index (κ1) is 21.0. The third-order valence-electron chi connectivity index (χ3n) is 5.88. The van der Waals surface area contributed by atoms with E-state index in [4.69, 9.17) is 9.26 Å². The lowest BCUT2D eigenvalue weighted by Gasteiger charge is -2.18. The number of nitrogens with zero attached hydrogens (tertiary/aromatic N) is 3. The van der Waals surface area contributed by atoms with Crippen LogP contribution in [0.25, 0.3) is 33.1 Å². The summed E-state index contributed by atoms with van der Waals surface area (Å²) in [6, 6.07) is 13.5. The van der Waals surface area contributed by atoms with Gasteiger partial charge in [0, 0.05) is 16.5 Å². The Morgan fingerprint density at radius 1 is 1.12 bits per heavy atom. The monoisotopic (exact) mass is 443 g/mol. The van der Waals surface area contributed by atoms with Gasteiger partial charge in [0.25, 0.3) is 0 Å². The molecule has 0 radical (unpaired) electrons. The van der Waals surface area contributed by atoms with Gasteiger partial charge < -0.3 is 24.7 Å². The van der Waals surface area contributed by atoms with Gasteiger partial charge in [-0.3, -0.25) is 0 Å². The number of aliphatic hydroxyl groups is 1. The van der Waals surface area contributed by atoms with Gasteiger partial charge in [-0.25, -0.2) is 9.97 Å². The van der Waals surface area contributed by atoms with Crippen molar-refractivity contribution in [1.29, 1.82) is 0 Å². The molecule has 33 heavy (non-hydrogen) atoms. The summed E-state index contributed by atoms with van der Waals surface area (Å²) in [5.41, 5.74) is 5.18. The van der Waals surface area contributed by atoms with Gasteiger partial charge in [0.2, 0.25) is 0 Å². The molecule has 5 aromatic rings. The molecule has 1 atom stereocenters. The van der Waals surface area contributed by atoms with Crippen molar-refractivity contribution in [1.82, 2.24) is 20.1 Å². The van der Waals surface area contributed by atoms with Crippen LogP contribution in [0.3, 0.4) is 0 Å². The molecule has 0 aliphatic carbocycles. The molecule has 3 aromatic heterocycles. The highest BCUT2D eigenvalue weighted by molar-refractivity contribution is 6.12. The summed E-state index contributed by atoms with van der Waals surface area (Å²) in [5.74, 6) is 2.71. The van der Waals surface area contributed by atoms with Crippen LogP contribution in [-0.4, -0.2) is 38.9 Å². The van der Waals surface area contributed by atoms with E-state index in [9.17, 15) is 5.11 Å². The van der Waals surface area contributed by atoms with E-state index < -0.39 is 0 Å². The number of H-pyrrole nitrogens is 1. The maximum Gasteiger partial charge on any atom is 0.144 e. The molecule has 0 saturated carbocycles. The van der Waals surface area contributed by atoms with Crippen LogP contribution in [0.1, 0.15) is 28.9 Å². The molecule has 1 unspecified atom stereocenters. The molecule has 5 rings (SSSR count). The number of anilines is 1. The number of methoxy groups -OCH3 is 1. The number of nitrogens with one attached hydrogen (secondary N) is 2. The molecular weight excluding hydrogens is 418 g/mol. The first-order valence-electron chi connectivity index (χ1n) is 10.7. The number of rotatable bonds is 6. The number of aromatic nitrogens is 4. The first-order valence-corrected chi connectivity index (χ1v) is 10.7. The van der Waals surface area contributed by atoms with Crippen LogP contribution in [-0.2, 0) is 0 Å². The Morgan fingerprint density at radius 3 is 2.58 bits per heavy atom. The Hall–Kier alpha value is -3.91. The summed E-state index contributed by atoms with van der Waals surface area (Å²) in [4.78, 5) is 12.7. The normalized spacial score (nSPS) is 12.4. The summed E-state index contributed by atoms with van der Waals surface area (Å²) in [7, 11) is 1.65. The zero-order valence-corrected chi connectivity index (χ0v) is 18.9. The van der Waals surface area contributed by atoms with Crippen molar-refractivity contribution in [3.05, 3.63) is 65.3 Å². The van der Waals surface area contributed by atoms with Crippen LogP contribution in [0, 0.1) is 20.8 Å². The number of aliphatic hydroxyl groups excluding tert-OH is 1. The molecule has 0 aliphatic heterocycles. The Morgan fingerprint density at radius 2 is 1.91 bits per heavy atom. The smallest absolute Gasteiger partial charge is 0.144 e. The standard InChI is InChI=1S/C25H25N5O3/c1-13-22(14(2)33-30-13)18-10-19-17(11-21(18)32-4)23-24(28-19)26-15(3)27-25(23)29-20(12-31)16-8-6-5-7-9-16/h5-11,20,31H,12H2,1-4H3,(H2,26,27,28,29). The fraction of sp³-hybridized carbons (Fsp3) is 0.240. The van der Waals surface area contributed by atoms with Crippen molar-refractivity contribution < 1.29 is 14.4 Å². The summed E-state index contributed by atoms with van der Waals surface area (Å²) in [6.07, 6.45) is 0. The van der Waals surface area contributed by atoms with Gasteiger partial charge in [0.05, 0.1) is 36.4 Å². The summed E-state index contributed by atoms with van der Waals surface area (Å²) < 4.78 is 11.1. The van der Waals surface area contributed by atoms with E-state index in [1.165, 1.54) is 0 Å². The van der Waals surface area contributed by atoms with Gasteiger partial charge in [0.15, 0.2) is 0 Å². The van der Waals surface area contributed by atoms with Gasteiger partial charge >= 0.3 is 0 Å². The van der Waals surface area contributed by atoms with E-state index >= 15 is 0 Å². The zero-order valence-electron chi connectivity index (χ0n) is 18.9. The van der Waals surface area contributed by atoms with Crippen molar-refractivity contribution in [2.24, 2.45) is 0 Å². The number of hydrogen-bond acceptors (Lipinski definition) is 7. The molecule has 8 nitrogen and oxygen atoms in total. The second-order valence-corrected chi connectivity index (χ2v) is 8.06. The van der Waals surface area contributed by atoms with Crippen molar-refractivity contribution in [3.8, 4) is 16.9 Å². The van der Waals surface area contributed by atoms with Crippen LogP contribution in [0.5, 0.6) is 5.75 Å². The number of fused-ring (bicyclic) bond motifs is 3. The highest BCUT2D eigenvalue weighted by atomic mass is 16.5. The van der Waals surface area contributed by atoms with Gasteiger partial charge in [-0.1, -0.05) is 35.5 Å². The van der Waals surface area contributed by atoms with Gasteiger partial charge in [0.1, 0.15) is 28.8 Å². The molecule has 0 bridgehead atoms. The van der Waals surface area contributed by atoms with Crippen LogP contribution in [0.15, 0.2) is 47.0 Å². The Kier molecular flexibility index (Phi) is 5.22. The highest BCUT2D eigenvalue weighted by Gasteiger charge is 2.21. The number of benzene rings is 2. The lowest BCUT2D eigenvalue weighted by molar-refractivity contribution is 0.276. The lowest BCUT2D eigenvalue weighted by atomic mass is 10.0. The largest absolute Gasteiger partial charge is 0.496 e. The Labute approximate surface area is 190 Å². The molecule has 3 heterocycles. The molecule has 3 N–H and O–H groups in total. The van der Waals surface area contributed by atoms with E-state index in [0.29, 0.717) is 23.0 Å². The summed E-state index contributed by atoms with van der Waals surface area (Å²) in [6.45, 7) is 5.58. The third kappa shape index (κ3) is 3.58. The third-order valence-corrected chi connectivity index (χ3v) is 5.88. The van der Waals surface area contributed by atoms with Crippen LogP contribution < -0.4 is 10.1 Å². The van der Waals surface area contributed by atoms with Gasteiger partial charge in [-0.2, -0.15) is 0 Å². The average molecular weight is 444 g/mol. The fourth-order valence-electron chi connectivity index (χ4n) is 4.36. The molecule has 0 fully saturated rings. The van der Waals surface area contributed by atoms with Gasteiger partial charge in [-0.15, -0.1) is 0 Å². The fourth-order valence-corrected chi connectivity index (χ4v) is 4.36. The molecule has 8 heteroatoms. The summed E-state index contributed by atoms with van der Waals surface area (Å²) >= 11 is 0. The number of aromatic amines is 1. The predicted molar refractivity (Wildman–Crippen MR) is 128 cm³/mol. The molecular formula is C25H25N5O3.